The number of hydrogen-bond donors (Lipinski definition) is 8. The number of hydrogen-bond acceptors (Lipinski definition) is 18. The molecule has 0 aliphatic carbocycles. The van der Waals surface area contributed by atoms with E-state index in [0.29, 0.717) is 12.8 Å². The van der Waals surface area contributed by atoms with Crippen molar-refractivity contribution in [1.29, 1.82) is 0 Å². The number of nitrogens with two attached hydrogens (primary N) is 1. The molecule has 1 aromatic heterocycles. The Morgan fingerprint density at radius 3 is 1.85 bits per heavy atom. The maximum Gasteiger partial charge on any atom is 0.481 e. The zero-order chi connectivity index (χ0) is 53.9. The van der Waals surface area contributed by atoms with Crippen LogP contribution in [0.25, 0.3) is 0 Å². The highest BCUT2D eigenvalue weighted by atomic mass is 31.3. The molecule has 2 heterocycles. The van der Waals surface area contributed by atoms with E-state index in [-0.39, 0.29) is 31.5 Å². The molecule has 2 rings (SSSR count). The van der Waals surface area contributed by atoms with E-state index in [2.05, 4.69) is 23.1 Å². The number of phosphoric acid groups is 2. The van der Waals surface area contributed by atoms with Crippen LogP contribution in [-0.4, -0.2) is 119 Å². The molecular weight excluding hydrogens is 993 g/mol. The second-order valence-corrected chi connectivity index (χ2v) is 21.3. The van der Waals surface area contributed by atoms with Crippen LogP contribution in [-0.2, 0) is 46.3 Å². The molecule has 0 aromatic carbocycles. The monoisotopic (exact) mass is 1080 g/mol. The fourth-order valence-corrected chi connectivity index (χ4v) is 9.69. The molecule has 1 aromatic rings. The lowest BCUT2D eigenvalue weighted by Crippen LogP contribution is -2.36. The molecule has 0 bridgehead atoms. The number of ether oxygens (including phenoxy) is 3. The van der Waals surface area contributed by atoms with Gasteiger partial charge in [-0.3, -0.25) is 23.2 Å². The maximum atomic E-state index is 12.9. The third-order valence-electron chi connectivity index (χ3n) is 11.8. The van der Waals surface area contributed by atoms with Crippen LogP contribution in [0.2, 0.25) is 0 Å². The normalized spacial score (nSPS) is 20.7. The van der Waals surface area contributed by atoms with Gasteiger partial charge < -0.3 is 55.3 Å². The summed E-state index contributed by atoms with van der Waals surface area (Å²) in [5.41, 5.74) is 4.55. The highest BCUT2D eigenvalue weighted by Gasteiger charge is 2.46. The lowest BCUT2D eigenvalue weighted by atomic mass is 10.0. The first-order valence-electron chi connectivity index (χ1n) is 26.0. The van der Waals surface area contributed by atoms with E-state index in [1.807, 2.05) is 0 Å². The number of anilines is 1. The standard InChI is InChI=1S/C50H85N3O18P2/c1-3-5-7-8-9-10-11-12-13-14-15-16-17-22-26-32-45(57)66-36-40(69-46(58)33-27-31-42(56)41(55)30-25-21-19-18-20-24-29-39(54)28-23-6-4-2)37-67-72(62,63)71-73(64,65)68-38-43-47(59)48(60)49(70-43)53-35-34-44(51)52-50(53)61/h18-21,24-25,29-30,34-35,39-43,47-49,54-56,59-60H,3-17,22-23,26-28,31-33,36-38H2,1-2H3,(H,62,63)(H,64,65)(H2,51,52,61)/b20-18-,21-19+,29-24+,30-25+/t39-,40+,41-,42-,43+,47+,48+,49+/m0/s1. The highest BCUT2D eigenvalue weighted by Crippen LogP contribution is 2.60. The van der Waals surface area contributed by atoms with Gasteiger partial charge in [-0.2, -0.15) is 9.29 Å². The average molecular weight is 1080 g/mol. The van der Waals surface area contributed by atoms with E-state index >= 15 is 0 Å². The fraction of sp³-hybridized carbons (Fsp3) is 0.720. The van der Waals surface area contributed by atoms with E-state index in [9.17, 15) is 58.8 Å². The number of aliphatic hydroxyl groups is 5. The van der Waals surface area contributed by atoms with Gasteiger partial charge in [-0.05, 0) is 31.7 Å². The molecule has 0 radical (unpaired) electrons. The van der Waals surface area contributed by atoms with Gasteiger partial charge in [0.15, 0.2) is 12.3 Å². The van der Waals surface area contributed by atoms with Crippen molar-refractivity contribution >= 4 is 33.4 Å². The lowest BCUT2D eigenvalue weighted by Gasteiger charge is -2.21. The van der Waals surface area contributed by atoms with Gasteiger partial charge in [0.05, 0.1) is 31.5 Å². The molecule has 2 unspecified atom stereocenters. The Morgan fingerprint density at radius 2 is 1.25 bits per heavy atom. The quantitative estimate of drug-likeness (QED) is 0.0136. The topological polar surface area (TPSA) is 326 Å². The minimum absolute atomic E-state index is 0.0316. The Labute approximate surface area is 430 Å². The van der Waals surface area contributed by atoms with Crippen LogP contribution in [0.15, 0.2) is 65.7 Å². The highest BCUT2D eigenvalue weighted by molar-refractivity contribution is 7.61. The van der Waals surface area contributed by atoms with E-state index in [1.165, 1.54) is 82.4 Å². The van der Waals surface area contributed by atoms with Crippen LogP contribution < -0.4 is 11.4 Å². The molecule has 418 valence electrons. The van der Waals surface area contributed by atoms with Crippen LogP contribution >= 0.6 is 15.6 Å². The molecule has 1 saturated heterocycles. The van der Waals surface area contributed by atoms with Crippen molar-refractivity contribution in [2.24, 2.45) is 0 Å². The first-order chi connectivity index (χ1) is 34.9. The summed E-state index contributed by atoms with van der Waals surface area (Å²) in [7, 11) is -11.0. The van der Waals surface area contributed by atoms with Crippen molar-refractivity contribution in [1.82, 2.24) is 9.55 Å². The third kappa shape index (κ3) is 30.7. The smallest absolute Gasteiger partial charge is 0.462 e. The van der Waals surface area contributed by atoms with Gasteiger partial charge in [0.25, 0.3) is 0 Å². The predicted molar refractivity (Wildman–Crippen MR) is 274 cm³/mol. The second kappa shape index (κ2) is 38.2. The SMILES string of the molecule is CCCCCCCCCCCCCCCCCC(=O)OC[C@H](COP(=O)(O)OP(=O)(O)OC[C@H]1O[C@@H](n2ccc(N)nc2=O)[C@H](O)[C@@H]1O)OC(=O)CCC[C@H](O)[C@@H](O)/C=C/C=C/C=C\C=C\[C@@H](O)CCCCC. The molecule has 1 aliphatic rings. The van der Waals surface area contributed by atoms with E-state index in [4.69, 9.17) is 29.0 Å². The molecule has 0 saturated carbocycles. The van der Waals surface area contributed by atoms with Gasteiger partial charge in [0.2, 0.25) is 0 Å². The Morgan fingerprint density at radius 1 is 0.712 bits per heavy atom. The van der Waals surface area contributed by atoms with Crippen LogP contribution in [0.4, 0.5) is 5.82 Å². The molecule has 1 aliphatic heterocycles. The van der Waals surface area contributed by atoms with Gasteiger partial charge in [-0.25, -0.2) is 13.9 Å². The zero-order valence-electron chi connectivity index (χ0n) is 42.8. The summed E-state index contributed by atoms with van der Waals surface area (Å²) in [5.74, 6) is -1.64. The van der Waals surface area contributed by atoms with Crippen molar-refractivity contribution in [3.63, 3.8) is 0 Å². The van der Waals surface area contributed by atoms with Crippen molar-refractivity contribution in [2.75, 3.05) is 25.6 Å². The van der Waals surface area contributed by atoms with Gasteiger partial charge in [0, 0.05) is 19.0 Å². The molecule has 1 fully saturated rings. The molecule has 9 N–H and O–H groups in total. The van der Waals surface area contributed by atoms with Crippen molar-refractivity contribution < 1.29 is 81.6 Å². The Kier molecular flexibility index (Phi) is 34.4. The molecule has 21 nitrogen and oxygen atoms in total. The third-order valence-corrected chi connectivity index (χ3v) is 14.4. The van der Waals surface area contributed by atoms with Crippen molar-refractivity contribution in [3.8, 4) is 0 Å². The first kappa shape index (κ1) is 65.7. The van der Waals surface area contributed by atoms with E-state index < -0.39 is 102 Å². The molecule has 0 amide bonds. The number of allylic oxidation sites excluding steroid dienone is 6. The summed E-state index contributed by atoms with van der Waals surface area (Å²) in [6.07, 6.45) is 24.0. The number of nitrogen functional groups attached to an aromatic ring is 1. The van der Waals surface area contributed by atoms with Crippen molar-refractivity contribution in [3.05, 3.63) is 71.4 Å². The molecular formula is C50H85N3O18P2. The maximum absolute atomic E-state index is 12.9. The van der Waals surface area contributed by atoms with E-state index in [0.717, 1.165) is 55.7 Å². The predicted octanol–water partition coefficient (Wildman–Crippen LogP) is 7.47. The van der Waals surface area contributed by atoms with Gasteiger partial charge >= 0.3 is 33.3 Å². The van der Waals surface area contributed by atoms with Crippen LogP contribution in [0.5, 0.6) is 0 Å². The number of unbranched alkanes of at least 4 members (excludes halogenated alkanes) is 16. The van der Waals surface area contributed by atoms with Crippen LogP contribution in [0.1, 0.15) is 168 Å². The average Bonchev–Trinajstić information content (AvgIpc) is 3.62. The zero-order valence-corrected chi connectivity index (χ0v) is 44.6. The summed E-state index contributed by atoms with van der Waals surface area (Å²) in [6, 6.07) is 1.23. The summed E-state index contributed by atoms with van der Waals surface area (Å²) in [6.45, 7) is 1.73. The van der Waals surface area contributed by atoms with Crippen LogP contribution in [0, 0.1) is 0 Å². The number of aromatic nitrogens is 2. The number of phosphoric ester groups is 2. The summed E-state index contributed by atoms with van der Waals surface area (Å²) in [5, 5.41) is 51.7. The number of rotatable bonds is 42. The number of esters is 2. The minimum Gasteiger partial charge on any atom is -0.462 e. The van der Waals surface area contributed by atoms with Gasteiger partial charge in [0.1, 0.15) is 30.7 Å². The Bertz CT molecular complexity index is 1970. The molecule has 73 heavy (non-hydrogen) atoms. The summed E-state index contributed by atoms with van der Waals surface area (Å²) >= 11 is 0. The molecule has 10 atom stereocenters. The largest absolute Gasteiger partial charge is 0.481 e. The summed E-state index contributed by atoms with van der Waals surface area (Å²) < 4.78 is 56.5. The number of aliphatic hydroxyl groups excluding tert-OH is 5. The molecule has 0 spiro atoms. The summed E-state index contributed by atoms with van der Waals surface area (Å²) in [4.78, 5) is 62.0. The van der Waals surface area contributed by atoms with Crippen LogP contribution in [0.3, 0.4) is 0 Å². The molecule has 23 heteroatoms. The second-order valence-electron chi connectivity index (χ2n) is 18.2. The number of carbonyl (C=O) groups excluding carboxylic acids is 2. The van der Waals surface area contributed by atoms with Gasteiger partial charge in [-0.1, -0.05) is 172 Å². The van der Waals surface area contributed by atoms with Gasteiger partial charge in [-0.15, -0.1) is 0 Å². The lowest BCUT2D eigenvalue weighted by molar-refractivity contribution is -0.161. The fourth-order valence-electron chi connectivity index (χ4n) is 7.58. The van der Waals surface area contributed by atoms with E-state index in [1.54, 1.807) is 36.5 Å². The number of carbonyl (C=O) groups is 2. The Hall–Kier alpha value is -3.40. The van der Waals surface area contributed by atoms with Crippen molar-refractivity contribution in [2.45, 2.75) is 210 Å². The Balaban J connectivity index is 1.89. The number of nitrogens with zero attached hydrogens (tertiary/aromatic N) is 2. The first-order valence-corrected chi connectivity index (χ1v) is 29.0. The minimum atomic E-state index is -5.51.